The highest BCUT2D eigenvalue weighted by atomic mass is 16.2. The smallest absolute Gasteiger partial charge is 0.240 e. The summed E-state index contributed by atoms with van der Waals surface area (Å²) >= 11 is 0. The maximum Gasteiger partial charge on any atom is 0.240 e. The fraction of sp³-hybridized carbons (Fsp3) is 0.917. The zero-order valence-corrected chi connectivity index (χ0v) is 11.2. The maximum atomic E-state index is 12.1. The Kier molecular flexibility index (Phi) is 3.97. The molecule has 1 rings (SSSR count). The molecular formula is C12H25N3O. The van der Waals surface area contributed by atoms with E-state index < -0.39 is 6.04 Å². The molecule has 0 aromatic rings. The van der Waals surface area contributed by atoms with Crippen LogP contribution in [0.15, 0.2) is 0 Å². The van der Waals surface area contributed by atoms with E-state index in [0.717, 1.165) is 19.5 Å². The van der Waals surface area contributed by atoms with Crippen LogP contribution in [0.4, 0.5) is 0 Å². The van der Waals surface area contributed by atoms with Crippen LogP contribution in [0.5, 0.6) is 0 Å². The lowest BCUT2D eigenvalue weighted by Crippen LogP contribution is -2.50. The summed E-state index contributed by atoms with van der Waals surface area (Å²) in [6.45, 7) is 7.68. The number of carbonyl (C=O) groups is 1. The van der Waals surface area contributed by atoms with Crippen LogP contribution in [0, 0.1) is 5.41 Å². The van der Waals surface area contributed by atoms with E-state index in [1.54, 1.807) is 0 Å². The average molecular weight is 227 g/mol. The van der Waals surface area contributed by atoms with Gasteiger partial charge in [0, 0.05) is 19.1 Å². The van der Waals surface area contributed by atoms with Gasteiger partial charge in [-0.15, -0.1) is 0 Å². The lowest BCUT2D eigenvalue weighted by Gasteiger charge is -2.30. The van der Waals surface area contributed by atoms with Crippen LogP contribution in [0.2, 0.25) is 0 Å². The molecule has 0 saturated carbocycles. The van der Waals surface area contributed by atoms with Crippen molar-refractivity contribution >= 4 is 5.91 Å². The fourth-order valence-corrected chi connectivity index (χ4v) is 1.93. The van der Waals surface area contributed by atoms with Crippen LogP contribution in [0.3, 0.4) is 0 Å². The number of likely N-dealkylation sites (tertiary alicyclic amines) is 1. The number of amides is 1. The largest absolute Gasteiger partial charge is 0.340 e. The Bertz CT molecular complexity index is 257. The number of rotatable bonds is 2. The van der Waals surface area contributed by atoms with Gasteiger partial charge < -0.3 is 15.5 Å². The van der Waals surface area contributed by atoms with E-state index in [4.69, 9.17) is 5.73 Å². The number of nitrogens with two attached hydrogens (primary N) is 1. The topological polar surface area (TPSA) is 49.6 Å². The first-order valence-corrected chi connectivity index (χ1v) is 5.94. The summed E-state index contributed by atoms with van der Waals surface area (Å²) < 4.78 is 0. The van der Waals surface area contributed by atoms with Gasteiger partial charge in [0.05, 0.1) is 6.04 Å². The predicted octanol–water partition coefficient (Wildman–Crippen LogP) is 0.522. The molecular weight excluding hydrogens is 202 g/mol. The van der Waals surface area contributed by atoms with E-state index in [2.05, 4.69) is 19.0 Å². The second-order valence-corrected chi connectivity index (χ2v) is 6.03. The van der Waals surface area contributed by atoms with Crippen LogP contribution < -0.4 is 5.73 Å². The Morgan fingerprint density at radius 3 is 2.38 bits per heavy atom. The normalized spacial score (nSPS) is 23.9. The molecule has 0 aliphatic carbocycles. The third-order valence-electron chi connectivity index (χ3n) is 3.40. The average Bonchev–Trinajstić information content (AvgIpc) is 2.62. The SMILES string of the molecule is CN(C)C1CCN(C(=O)C(N)C(C)(C)C)C1. The van der Waals surface area contributed by atoms with Crippen LogP contribution >= 0.6 is 0 Å². The molecule has 0 spiro atoms. The third-order valence-corrected chi connectivity index (χ3v) is 3.40. The van der Waals surface area contributed by atoms with Crippen molar-refractivity contribution in [2.75, 3.05) is 27.2 Å². The third kappa shape index (κ3) is 2.95. The van der Waals surface area contributed by atoms with Crippen LogP contribution in [-0.4, -0.2) is 55.0 Å². The Morgan fingerprint density at radius 1 is 1.44 bits per heavy atom. The van der Waals surface area contributed by atoms with E-state index in [0.29, 0.717) is 6.04 Å². The lowest BCUT2D eigenvalue weighted by atomic mass is 9.86. The minimum atomic E-state index is -0.395. The number of nitrogens with zero attached hydrogens (tertiary/aromatic N) is 2. The van der Waals surface area contributed by atoms with Crippen molar-refractivity contribution < 1.29 is 4.79 Å². The first-order valence-electron chi connectivity index (χ1n) is 5.94. The fourth-order valence-electron chi connectivity index (χ4n) is 1.93. The Balaban J connectivity index is 2.58. The molecule has 0 aromatic carbocycles. The first-order chi connectivity index (χ1) is 7.23. The van der Waals surface area contributed by atoms with Crippen LogP contribution in [0.25, 0.3) is 0 Å². The van der Waals surface area contributed by atoms with Crippen molar-refractivity contribution in [3.8, 4) is 0 Å². The van der Waals surface area contributed by atoms with Gasteiger partial charge in [0.15, 0.2) is 0 Å². The molecule has 1 saturated heterocycles. The number of likely N-dealkylation sites (N-methyl/N-ethyl adjacent to an activating group) is 1. The first kappa shape index (κ1) is 13.5. The molecule has 94 valence electrons. The monoisotopic (exact) mass is 227 g/mol. The molecule has 1 amide bonds. The van der Waals surface area contributed by atoms with Crippen molar-refractivity contribution in [1.29, 1.82) is 0 Å². The summed E-state index contributed by atoms with van der Waals surface area (Å²) in [5, 5.41) is 0. The highest BCUT2D eigenvalue weighted by Crippen LogP contribution is 2.21. The van der Waals surface area contributed by atoms with Gasteiger partial charge in [0.25, 0.3) is 0 Å². The number of carbonyl (C=O) groups excluding carboxylic acids is 1. The van der Waals surface area contributed by atoms with Gasteiger partial charge in [-0.3, -0.25) is 4.79 Å². The van der Waals surface area contributed by atoms with Gasteiger partial charge in [0.2, 0.25) is 5.91 Å². The van der Waals surface area contributed by atoms with Crippen molar-refractivity contribution in [2.45, 2.75) is 39.3 Å². The van der Waals surface area contributed by atoms with E-state index in [-0.39, 0.29) is 11.3 Å². The minimum absolute atomic E-state index is 0.0943. The Morgan fingerprint density at radius 2 is 2.00 bits per heavy atom. The number of hydrogen-bond acceptors (Lipinski definition) is 3. The summed E-state index contributed by atoms with van der Waals surface area (Å²) in [6.07, 6.45) is 1.05. The molecule has 1 fully saturated rings. The summed E-state index contributed by atoms with van der Waals surface area (Å²) in [7, 11) is 4.12. The molecule has 4 nitrogen and oxygen atoms in total. The van der Waals surface area contributed by atoms with E-state index in [1.165, 1.54) is 0 Å². The van der Waals surface area contributed by atoms with E-state index >= 15 is 0 Å². The molecule has 1 aliphatic rings. The van der Waals surface area contributed by atoms with Crippen LogP contribution in [-0.2, 0) is 4.79 Å². The van der Waals surface area contributed by atoms with Crippen LogP contribution in [0.1, 0.15) is 27.2 Å². The molecule has 2 unspecified atom stereocenters. The molecule has 2 atom stereocenters. The summed E-state index contributed by atoms with van der Waals surface area (Å²) in [4.78, 5) is 16.2. The molecule has 4 heteroatoms. The molecule has 1 aliphatic heterocycles. The second kappa shape index (κ2) is 4.72. The molecule has 16 heavy (non-hydrogen) atoms. The van der Waals surface area contributed by atoms with Crippen molar-refractivity contribution in [1.82, 2.24) is 9.80 Å². The summed E-state index contributed by atoms with van der Waals surface area (Å²) in [6, 6.07) is 0.0875. The molecule has 0 radical (unpaired) electrons. The highest BCUT2D eigenvalue weighted by Gasteiger charge is 2.35. The van der Waals surface area contributed by atoms with Crippen molar-refractivity contribution in [3.05, 3.63) is 0 Å². The Labute approximate surface area is 98.8 Å². The standard InChI is InChI=1S/C12H25N3O/c1-12(2,3)10(13)11(16)15-7-6-9(8-15)14(4)5/h9-10H,6-8,13H2,1-5H3. The quantitative estimate of drug-likeness (QED) is 0.748. The van der Waals surface area contributed by atoms with E-state index in [9.17, 15) is 4.79 Å². The minimum Gasteiger partial charge on any atom is -0.340 e. The lowest BCUT2D eigenvalue weighted by molar-refractivity contribution is -0.134. The summed E-state index contributed by atoms with van der Waals surface area (Å²) in [5.74, 6) is 0.0943. The van der Waals surface area contributed by atoms with E-state index in [1.807, 2.05) is 25.7 Å². The predicted molar refractivity (Wildman–Crippen MR) is 66.1 cm³/mol. The van der Waals surface area contributed by atoms with Gasteiger partial charge in [-0.25, -0.2) is 0 Å². The Hall–Kier alpha value is -0.610. The van der Waals surface area contributed by atoms with Crippen molar-refractivity contribution in [2.24, 2.45) is 11.1 Å². The summed E-state index contributed by atoms with van der Waals surface area (Å²) in [5.41, 5.74) is 5.83. The highest BCUT2D eigenvalue weighted by molar-refractivity contribution is 5.82. The van der Waals surface area contributed by atoms with Gasteiger partial charge in [-0.1, -0.05) is 20.8 Å². The number of hydrogen-bond donors (Lipinski definition) is 1. The molecule has 0 bridgehead atoms. The van der Waals surface area contributed by atoms with Gasteiger partial charge in [-0.2, -0.15) is 0 Å². The van der Waals surface area contributed by atoms with Gasteiger partial charge in [-0.05, 0) is 25.9 Å². The second-order valence-electron chi connectivity index (χ2n) is 6.03. The van der Waals surface area contributed by atoms with Gasteiger partial charge >= 0.3 is 0 Å². The maximum absolute atomic E-state index is 12.1. The zero-order valence-electron chi connectivity index (χ0n) is 11.2. The van der Waals surface area contributed by atoms with Gasteiger partial charge in [0.1, 0.15) is 0 Å². The zero-order chi connectivity index (χ0) is 12.5. The molecule has 2 N–H and O–H groups in total. The molecule has 0 aromatic heterocycles. The molecule has 1 heterocycles. The van der Waals surface area contributed by atoms with Crippen molar-refractivity contribution in [3.63, 3.8) is 0 Å².